The third-order valence-electron chi connectivity index (χ3n) is 13.4. The number of allylic oxidation sites excluding steroid dienone is 4. The Bertz CT molecular complexity index is 2710. The van der Waals surface area contributed by atoms with Gasteiger partial charge in [-0.15, -0.1) is 0 Å². The van der Waals surface area contributed by atoms with Gasteiger partial charge >= 0.3 is 0 Å². The topological polar surface area (TPSA) is 196 Å². The van der Waals surface area contributed by atoms with E-state index in [0.717, 1.165) is 86.7 Å². The third-order valence-corrected chi connectivity index (χ3v) is 14.9. The number of ether oxygens (including phenoxy) is 2. The van der Waals surface area contributed by atoms with Gasteiger partial charge in [0.2, 0.25) is 0 Å². The van der Waals surface area contributed by atoms with Crippen molar-refractivity contribution in [2.75, 3.05) is 57.4 Å². The van der Waals surface area contributed by atoms with Crippen molar-refractivity contribution in [1.82, 2.24) is 24.9 Å². The van der Waals surface area contributed by atoms with Crippen molar-refractivity contribution in [3.63, 3.8) is 0 Å². The fourth-order valence-electron chi connectivity index (χ4n) is 9.49. The highest BCUT2D eigenvalue weighted by atomic mass is 35.5. The van der Waals surface area contributed by atoms with Crippen molar-refractivity contribution in [2.24, 2.45) is 11.3 Å². The number of rotatable bonds is 13. The van der Waals surface area contributed by atoms with Crippen LogP contribution < -0.4 is 19.7 Å². The van der Waals surface area contributed by atoms with Crippen LogP contribution in [0.3, 0.4) is 0 Å². The molecular formula is C47H51ClN8O7S. The van der Waals surface area contributed by atoms with Crippen LogP contribution in [0, 0.1) is 26.9 Å². The van der Waals surface area contributed by atoms with Crippen molar-refractivity contribution >= 4 is 55.5 Å². The first-order chi connectivity index (χ1) is 30.9. The van der Waals surface area contributed by atoms with E-state index in [9.17, 15) is 23.3 Å². The lowest BCUT2D eigenvalue weighted by Gasteiger charge is -2.47. The van der Waals surface area contributed by atoms with Crippen LogP contribution >= 0.6 is 11.6 Å². The van der Waals surface area contributed by atoms with Gasteiger partial charge in [-0.3, -0.25) is 25.2 Å². The molecule has 0 radical (unpaired) electrons. The quantitative estimate of drug-likeness (QED) is 0.0750. The molecule has 0 unspecified atom stereocenters. The molecule has 1 spiro atoms. The number of nitro groups is 1. The number of amides is 1. The number of anilines is 1. The van der Waals surface area contributed by atoms with Crippen LogP contribution in [0.25, 0.3) is 16.6 Å². The van der Waals surface area contributed by atoms with Gasteiger partial charge in [0.1, 0.15) is 17.1 Å². The SMILES string of the molecule is N=C1C=C(S(=O)(=O)NC(=O)c2ccc(N3CCN(CC4=C(c5ccc(Cl)cc5)CC5(CCC5)CC4)CC3)cc2Oc2cnc3[nH]ccc3c2)C=C([N+](=O)[O-])/C1=C/NCC1CCOCC1. The number of pyridine rings is 1. The number of nitrogens with one attached hydrogen (secondary N) is 4. The summed E-state index contributed by atoms with van der Waals surface area (Å²) in [7, 11) is -4.70. The van der Waals surface area contributed by atoms with Crippen molar-refractivity contribution in [1.29, 1.82) is 5.41 Å². The second-order valence-corrected chi connectivity index (χ2v) is 19.6. The number of benzene rings is 2. The maximum absolute atomic E-state index is 14.0. The molecule has 334 valence electrons. The highest BCUT2D eigenvalue weighted by Gasteiger charge is 2.41. The van der Waals surface area contributed by atoms with Gasteiger partial charge in [-0.1, -0.05) is 35.7 Å². The normalized spacial score (nSPS) is 20.2. The first-order valence-corrected chi connectivity index (χ1v) is 23.7. The summed E-state index contributed by atoms with van der Waals surface area (Å²) in [6, 6.07) is 16.9. The summed E-state index contributed by atoms with van der Waals surface area (Å²) in [6.07, 6.45) is 15.5. The van der Waals surface area contributed by atoms with Crippen LogP contribution in [0.15, 0.2) is 107 Å². The first kappa shape index (κ1) is 43.4. The molecule has 1 saturated carbocycles. The molecule has 9 rings (SSSR count). The number of aromatic nitrogens is 2. The maximum atomic E-state index is 14.0. The number of H-pyrrole nitrogens is 1. The summed E-state index contributed by atoms with van der Waals surface area (Å²) in [6.45, 7) is 5.77. The Kier molecular flexibility index (Phi) is 12.5. The molecule has 0 bridgehead atoms. The molecule has 3 aliphatic carbocycles. The summed E-state index contributed by atoms with van der Waals surface area (Å²) in [5, 5.41) is 25.3. The molecule has 3 fully saturated rings. The Balaban J connectivity index is 0.923. The Morgan fingerprint density at radius 1 is 1.06 bits per heavy atom. The van der Waals surface area contributed by atoms with E-state index in [-0.39, 0.29) is 22.6 Å². The number of carbonyl (C=O) groups is 1. The van der Waals surface area contributed by atoms with Crippen LogP contribution in [0.2, 0.25) is 5.02 Å². The predicted octanol–water partition coefficient (Wildman–Crippen LogP) is 7.98. The largest absolute Gasteiger partial charge is 0.455 e. The first-order valence-electron chi connectivity index (χ1n) is 21.9. The smallest absolute Gasteiger partial charge is 0.281 e. The summed E-state index contributed by atoms with van der Waals surface area (Å²) in [5.41, 5.74) is 5.00. The Labute approximate surface area is 376 Å². The lowest BCUT2D eigenvalue weighted by Crippen LogP contribution is -2.47. The predicted molar refractivity (Wildman–Crippen MR) is 247 cm³/mol. The third kappa shape index (κ3) is 9.50. The highest BCUT2D eigenvalue weighted by Crippen LogP contribution is 2.55. The summed E-state index contributed by atoms with van der Waals surface area (Å²) >= 11 is 6.28. The van der Waals surface area contributed by atoms with Gasteiger partial charge in [0.25, 0.3) is 21.6 Å². The minimum Gasteiger partial charge on any atom is -0.455 e. The zero-order valence-electron chi connectivity index (χ0n) is 35.4. The van der Waals surface area contributed by atoms with Crippen LogP contribution in [0.5, 0.6) is 11.5 Å². The van der Waals surface area contributed by atoms with E-state index in [1.165, 1.54) is 60.9 Å². The van der Waals surface area contributed by atoms with Gasteiger partial charge in [-0.2, -0.15) is 0 Å². The molecule has 2 aliphatic heterocycles. The fraction of sp³-hybridized carbons (Fsp3) is 0.383. The zero-order chi connectivity index (χ0) is 44.4. The number of fused-ring (bicyclic) bond motifs is 1. The molecule has 4 aromatic rings. The highest BCUT2D eigenvalue weighted by molar-refractivity contribution is 7.94. The summed E-state index contributed by atoms with van der Waals surface area (Å²) in [5.74, 6) is -0.273. The molecule has 15 nitrogen and oxygen atoms in total. The average molecular weight is 907 g/mol. The number of aromatic amines is 1. The molecule has 17 heteroatoms. The molecule has 4 heterocycles. The monoisotopic (exact) mass is 906 g/mol. The van der Waals surface area contributed by atoms with Gasteiger partial charge in [-0.25, -0.2) is 18.1 Å². The van der Waals surface area contributed by atoms with Crippen molar-refractivity contribution in [3.8, 4) is 11.5 Å². The van der Waals surface area contributed by atoms with E-state index in [2.05, 4.69) is 41.9 Å². The second-order valence-electron chi connectivity index (χ2n) is 17.5. The van der Waals surface area contributed by atoms with Gasteiger partial charge < -0.3 is 24.7 Å². The van der Waals surface area contributed by atoms with Gasteiger partial charge in [0.15, 0.2) is 0 Å². The van der Waals surface area contributed by atoms with E-state index >= 15 is 0 Å². The fourth-order valence-corrected chi connectivity index (χ4v) is 10.6. The van der Waals surface area contributed by atoms with Crippen molar-refractivity contribution in [2.45, 2.75) is 51.4 Å². The molecule has 64 heavy (non-hydrogen) atoms. The Morgan fingerprint density at radius 3 is 2.58 bits per heavy atom. The number of piperazine rings is 1. The number of sulfonamides is 1. The number of halogens is 1. The summed E-state index contributed by atoms with van der Waals surface area (Å²) in [4.78, 5) is 37.0. The number of hydrogen-bond acceptors (Lipinski definition) is 12. The molecule has 5 aliphatic rings. The Morgan fingerprint density at radius 2 is 1.84 bits per heavy atom. The standard InChI is InChI=1S/C47H51ClN8O7S/c48-35-4-2-32(3-5-35)40-26-47(12-1-13-47)14-8-34(40)30-54-16-18-55(19-17-54)36-6-7-39(44(23-36)63-37-22-33-9-15-51-45(33)52-28-37)46(57)53-64(60,61)38-24-42(49)41(43(25-38)56(58)59)29-50-27-31-10-20-62-21-11-31/h2-7,9,15,22-25,28-29,31,49-50H,1,8,10-14,16-21,26-27,30H2,(H,51,52)(H,53,57)/b41-29+,49-42?. The maximum Gasteiger partial charge on any atom is 0.281 e. The molecule has 4 N–H and O–H groups in total. The van der Waals surface area contributed by atoms with Crippen LogP contribution in [-0.2, 0) is 14.8 Å². The second kappa shape index (κ2) is 18.4. The lowest BCUT2D eigenvalue weighted by atomic mass is 9.59. The average Bonchev–Trinajstić information content (AvgIpc) is 3.75. The van der Waals surface area contributed by atoms with E-state index in [4.69, 9.17) is 26.5 Å². The minimum atomic E-state index is -4.70. The Hall–Kier alpha value is -5.81. The van der Waals surface area contributed by atoms with Crippen molar-refractivity contribution in [3.05, 3.63) is 133 Å². The number of nitrogens with zero attached hydrogens (tertiary/aromatic N) is 4. The zero-order valence-corrected chi connectivity index (χ0v) is 37.0. The van der Waals surface area contributed by atoms with Crippen LogP contribution in [0.1, 0.15) is 67.3 Å². The number of carbonyl (C=O) groups excluding carboxylic acids is 1. The van der Waals surface area contributed by atoms with Crippen LogP contribution in [0.4, 0.5) is 5.69 Å². The lowest BCUT2D eigenvalue weighted by molar-refractivity contribution is -0.420. The van der Waals surface area contributed by atoms with Gasteiger partial charge in [0, 0.05) is 93.1 Å². The van der Waals surface area contributed by atoms with Gasteiger partial charge in [-0.05, 0) is 110 Å². The van der Waals surface area contributed by atoms with Crippen molar-refractivity contribution < 1.29 is 27.6 Å². The molecular weight excluding hydrogens is 856 g/mol. The molecule has 2 aromatic carbocycles. The van der Waals surface area contributed by atoms with E-state index in [1.807, 2.05) is 18.2 Å². The van der Waals surface area contributed by atoms with Gasteiger partial charge in [0.05, 0.1) is 32.9 Å². The van der Waals surface area contributed by atoms with E-state index in [1.54, 1.807) is 24.4 Å². The molecule has 1 amide bonds. The number of hydrogen-bond donors (Lipinski definition) is 4. The van der Waals surface area contributed by atoms with E-state index in [0.29, 0.717) is 42.5 Å². The minimum absolute atomic E-state index is 0.0712. The molecule has 2 aromatic heterocycles. The summed E-state index contributed by atoms with van der Waals surface area (Å²) < 4.78 is 41.3. The van der Waals surface area contributed by atoms with Crippen LogP contribution in [-0.4, -0.2) is 92.3 Å². The molecule has 2 saturated heterocycles. The molecule has 0 atom stereocenters. The van der Waals surface area contributed by atoms with E-state index < -0.39 is 31.5 Å².